The molecule has 0 saturated carbocycles. The van der Waals surface area contributed by atoms with Gasteiger partial charge in [0, 0.05) is 32.4 Å². The molecule has 5 heteroatoms. The number of nitrogens with zero attached hydrogens (tertiary/aromatic N) is 2. The first-order valence-corrected chi connectivity index (χ1v) is 7.85. The van der Waals surface area contributed by atoms with Gasteiger partial charge in [0.25, 0.3) is 5.91 Å². The van der Waals surface area contributed by atoms with Crippen molar-refractivity contribution in [2.45, 2.75) is 39.2 Å². The first-order valence-electron chi connectivity index (χ1n) is 7.85. The molecule has 0 spiro atoms. The fourth-order valence-corrected chi connectivity index (χ4v) is 2.65. The average molecular weight is 291 g/mol. The second-order valence-electron chi connectivity index (χ2n) is 5.32. The highest BCUT2D eigenvalue weighted by atomic mass is 16.5. The van der Waals surface area contributed by atoms with Gasteiger partial charge in [0.1, 0.15) is 0 Å². The van der Waals surface area contributed by atoms with Crippen LogP contribution >= 0.6 is 0 Å². The van der Waals surface area contributed by atoms with Crippen molar-refractivity contribution in [2.24, 2.45) is 0 Å². The van der Waals surface area contributed by atoms with Gasteiger partial charge in [-0.05, 0) is 32.3 Å². The van der Waals surface area contributed by atoms with Gasteiger partial charge in [0.05, 0.1) is 23.6 Å². The third-order valence-corrected chi connectivity index (χ3v) is 3.68. The number of amides is 1. The molecule has 0 aliphatic carbocycles. The molecule has 0 radical (unpaired) electrons. The number of pyridine rings is 1. The van der Waals surface area contributed by atoms with E-state index in [9.17, 15) is 4.79 Å². The quantitative estimate of drug-likeness (QED) is 0.875. The van der Waals surface area contributed by atoms with Crippen LogP contribution in [0.1, 0.15) is 43.5 Å². The van der Waals surface area contributed by atoms with Gasteiger partial charge in [-0.25, -0.2) is 0 Å². The number of rotatable bonds is 6. The number of ether oxygens (including phenoxy) is 1. The molecule has 1 aromatic rings. The van der Waals surface area contributed by atoms with Gasteiger partial charge in [-0.15, -0.1) is 0 Å². The summed E-state index contributed by atoms with van der Waals surface area (Å²) >= 11 is 0. The van der Waals surface area contributed by atoms with Gasteiger partial charge < -0.3 is 15.0 Å². The zero-order valence-corrected chi connectivity index (χ0v) is 13.0. The van der Waals surface area contributed by atoms with Crippen molar-refractivity contribution in [3.63, 3.8) is 0 Å². The lowest BCUT2D eigenvalue weighted by molar-refractivity contribution is 0.00727. The molecule has 2 rings (SSSR count). The minimum Gasteiger partial charge on any atom is -0.383 e. The van der Waals surface area contributed by atoms with E-state index in [0.29, 0.717) is 18.7 Å². The average Bonchev–Trinajstić information content (AvgIpc) is 2.53. The van der Waals surface area contributed by atoms with Crippen LogP contribution in [0.25, 0.3) is 0 Å². The molecule has 1 aromatic heterocycles. The van der Waals surface area contributed by atoms with Crippen molar-refractivity contribution in [1.82, 2.24) is 9.88 Å². The molecule has 2 heterocycles. The van der Waals surface area contributed by atoms with Crippen LogP contribution in [0.4, 0.5) is 5.69 Å². The zero-order valence-electron chi connectivity index (χ0n) is 13.0. The van der Waals surface area contributed by atoms with E-state index in [1.165, 1.54) is 0 Å². The Balaban J connectivity index is 2.08. The van der Waals surface area contributed by atoms with E-state index in [1.54, 1.807) is 18.5 Å². The summed E-state index contributed by atoms with van der Waals surface area (Å²) in [6.07, 6.45) is 6.62. The van der Waals surface area contributed by atoms with Gasteiger partial charge in [0.15, 0.2) is 0 Å². The largest absolute Gasteiger partial charge is 0.383 e. The first kappa shape index (κ1) is 15.8. The van der Waals surface area contributed by atoms with E-state index in [-0.39, 0.29) is 12.0 Å². The van der Waals surface area contributed by atoms with Crippen LogP contribution in [0, 0.1) is 0 Å². The Morgan fingerprint density at radius 3 is 3.14 bits per heavy atom. The molecule has 21 heavy (non-hydrogen) atoms. The SMILES string of the molecule is CCCNc1cnccc1C(=O)N1CCCC(OCC)C1. The van der Waals surface area contributed by atoms with Crippen molar-refractivity contribution in [1.29, 1.82) is 0 Å². The molecule has 1 saturated heterocycles. The van der Waals surface area contributed by atoms with Crippen molar-refractivity contribution in [3.05, 3.63) is 24.0 Å². The Morgan fingerprint density at radius 2 is 2.38 bits per heavy atom. The maximum atomic E-state index is 12.7. The highest BCUT2D eigenvalue weighted by Crippen LogP contribution is 2.20. The molecule has 1 N–H and O–H groups in total. The van der Waals surface area contributed by atoms with E-state index >= 15 is 0 Å². The third-order valence-electron chi connectivity index (χ3n) is 3.68. The first-order chi connectivity index (χ1) is 10.3. The lowest BCUT2D eigenvalue weighted by atomic mass is 10.1. The molecule has 0 aromatic carbocycles. The predicted molar refractivity (Wildman–Crippen MR) is 83.6 cm³/mol. The highest BCUT2D eigenvalue weighted by molar-refractivity contribution is 5.99. The lowest BCUT2D eigenvalue weighted by Crippen LogP contribution is -2.43. The van der Waals surface area contributed by atoms with Crippen LogP contribution in [0.3, 0.4) is 0 Å². The standard InChI is InChI=1S/C16H25N3O2/c1-3-8-18-15-11-17-9-7-14(15)16(20)19-10-5-6-13(12-19)21-4-2/h7,9,11,13,18H,3-6,8,10,12H2,1-2H3. The molecule has 1 unspecified atom stereocenters. The second kappa shape index (κ2) is 7.98. The summed E-state index contributed by atoms with van der Waals surface area (Å²) in [6.45, 7) is 7.12. The van der Waals surface area contributed by atoms with E-state index in [1.807, 2.05) is 11.8 Å². The van der Waals surface area contributed by atoms with Crippen LogP contribution in [-0.2, 0) is 4.74 Å². The van der Waals surface area contributed by atoms with Crippen molar-refractivity contribution in [3.8, 4) is 0 Å². The molecule has 1 atom stereocenters. The summed E-state index contributed by atoms with van der Waals surface area (Å²) in [5.41, 5.74) is 1.53. The van der Waals surface area contributed by atoms with Gasteiger partial charge in [-0.2, -0.15) is 0 Å². The molecule has 1 fully saturated rings. The van der Waals surface area contributed by atoms with Crippen molar-refractivity contribution < 1.29 is 9.53 Å². The van der Waals surface area contributed by atoms with Crippen LogP contribution in [0.15, 0.2) is 18.5 Å². The number of carbonyl (C=O) groups excluding carboxylic acids is 1. The van der Waals surface area contributed by atoms with Gasteiger partial charge in [0.2, 0.25) is 0 Å². The molecule has 1 aliphatic rings. The molecule has 116 valence electrons. The number of nitrogens with one attached hydrogen (secondary N) is 1. The molecular weight excluding hydrogens is 266 g/mol. The molecule has 0 bridgehead atoms. The minimum absolute atomic E-state index is 0.0698. The van der Waals surface area contributed by atoms with E-state index < -0.39 is 0 Å². The molecule has 1 aliphatic heterocycles. The summed E-state index contributed by atoms with van der Waals surface area (Å²) in [7, 11) is 0. The Bertz CT molecular complexity index is 463. The van der Waals surface area contributed by atoms with E-state index in [0.717, 1.165) is 38.0 Å². The Kier molecular flexibility index (Phi) is 5.99. The smallest absolute Gasteiger partial charge is 0.256 e. The van der Waals surface area contributed by atoms with Crippen molar-refractivity contribution in [2.75, 3.05) is 31.6 Å². The van der Waals surface area contributed by atoms with Crippen LogP contribution in [0.2, 0.25) is 0 Å². The van der Waals surface area contributed by atoms with Gasteiger partial charge in [-0.3, -0.25) is 9.78 Å². The number of aromatic nitrogens is 1. The number of hydrogen-bond acceptors (Lipinski definition) is 4. The highest BCUT2D eigenvalue weighted by Gasteiger charge is 2.26. The van der Waals surface area contributed by atoms with E-state index in [4.69, 9.17) is 4.74 Å². The summed E-state index contributed by atoms with van der Waals surface area (Å²) in [5, 5.41) is 3.28. The lowest BCUT2D eigenvalue weighted by Gasteiger charge is -2.33. The molecular formula is C16H25N3O2. The number of carbonyl (C=O) groups is 1. The van der Waals surface area contributed by atoms with Gasteiger partial charge in [-0.1, -0.05) is 6.92 Å². The monoisotopic (exact) mass is 291 g/mol. The number of piperidine rings is 1. The number of hydrogen-bond donors (Lipinski definition) is 1. The molecule has 1 amide bonds. The summed E-state index contributed by atoms with van der Waals surface area (Å²) in [6, 6.07) is 1.80. The van der Waals surface area contributed by atoms with Crippen LogP contribution in [-0.4, -0.2) is 48.1 Å². The summed E-state index contributed by atoms with van der Waals surface area (Å²) in [4.78, 5) is 18.7. The normalized spacial score (nSPS) is 18.6. The van der Waals surface area contributed by atoms with Crippen LogP contribution < -0.4 is 5.32 Å². The van der Waals surface area contributed by atoms with E-state index in [2.05, 4.69) is 17.2 Å². The van der Waals surface area contributed by atoms with Crippen molar-refractivity contribution >= 4 is 11.6 Å². The Labute approximate surface area is 126 Å². The zero-order chi connectivity index (χ0) is 15.1. The maximum absolute atomic E-state index is 12.7. The Morgan fingerprint density at radius 1 is 1.52 bits per heavy atom. The third kappa shape index (κ3) is 4.17. The summed E-state index contributed by atoms with van der Waals surface area (Å²) < 4.78 is 5.67. The predicted octanol–water partition coefficient (Wildman–Crippen LogP) is 2.54. The minimum atomic E-state index is 0.0698. The maximum Gasteiger partial charge on any atom is 0.256 e. The number of anilines is 1. The summed E-state index contributed by atoms with van der Waals surface area (Å²) in [5.74, 6) is 0.0698. The fraction of sp³-hybridized carbons (Fsp3) is 0.625. The van der Waals surface area contributed by atoms with Gasteiger partial charge >= 0.3 is 0 Å². The second-order valence-corrected chi connectivity index (χ2v) is 5.32. The Hall–Kier alpha value is -1.62. The molecule has 5 nitrogen and oxygen atoms in total. The topological polar surface area (TPSA) is 54.5 Å². The van der Waals surface area contributed by atoms with Crippen LogP contribution in [0.5, 0.6) is 0 Å². The number of likely N-dealkylation sites (tertiary alicyclic amines) is 1. The fourth-order valence-electron chi connectivity index (χ4n) is 2.65.